The summed E-state index contributed by atoms with van der Waals surface area (Å²) in [6, 6.07) is -0.833. The summed E-state index contributed by atoms with van der Waals surface area (Å²) in [5, 5.41) is 33.7. The molecular formula is C62H117NO4. The van der Waals surface area contributed by atoms with Crippen LogP contribution in [-0.4, -0.2) is 46.1 Å². The smallest absolute Gasteiger partial charge is 0.220 e. The van der Waals surface area contributed by atoms with Crippen molar-refractivity contribution >= 4 is 5.91 Å². The van der Waals surface area contributed by atoms with Crippen molar-refractivity contribution in [2.75, 3.05) is 6.61 Å². The quantitative estimate of drug-likeness (QED) is 0.0361. The van der Waals surface area contributed by atoms with Crippen LogP contribution in [0.5, 0.6) is 0 Å². The van der Waals surface area contributed by atoms with E-state index in [1.54, 1.807) is 0 Å². The highest BCUT2D eigenvalue weighted by Gasteiger charge is 2.26. The summed E-state index contributed by atoms with van der Waals surface area (Å²) < 4.78 is 0. The number of hydrogen-bond acceptors (Lipinski definition) is 4. The predicted octanol–water partition coefficient (Wildman–Crippen LogP) is 18.8. The monoisotopic (exact) mass is 940 g/mol. The molecule has 4 N–H and O–H groups in total. The Hall–Kier alpha value is -1.69. The molecule has 0 aromatic carbocycles. The number of amides is 1. The Bertz CT molecular complexity index is 1080. The highest BCUT2D eigenvalue weighted by atomic mass is 16.3. The minimum Gasteiger partial charge on any atom is -0.394 e. The molecule has 67 heavy (non-hydrogen) atoms. The minimum atomic E-state index is -1.17. The molecule has 0 saturated heterocycles. The Morgan fingerprint density at radius 1 is 0.373 bits per heavy atom. The van der Waals surface area contributed by atoms with Gasteiger partial charge in [-0.05, 0) is 83.5 Å². The van der Waals surface area contributed by atoms with Gasteiger partial charge in [0.15, 0.2) is 0 Å². The van der Waals surface area contributed by atoms with Gasteiger partial charge in [-0.2, -0.15) is 0 Å². The molecular weight excluding hydrogens is 823 g/mol. The van der Waals surface area contributed by atoms with Crippen LogP contribution >= 0.6 is 0 Å². The van der Waals surface area contributed by atoms with Gasteiger partial charge in [0.2, 0.25) is 5.91 Å². The Balaban J connectivity index is 3.53. The fourth-order valence-corrected chi connectivity index (χ4v) is 9.27. The normalized spacial score (nSPS) is 13.6. The van der Waals surface area contributed by atoms with Crippen LogP contribution in [0.2, 0.25) is 0 Å². The topological polar surface area (TPSA) is 89.8 Å². The maximum absolute atomic E-state index is 12.5. The van der Waals surface area contributed by atoms with Gasteiger partial charge in [0.1, 0.15) is 6.10 Å². The molecule has 0 aromatic rings. The van der Waals surface area contributed by atoms with Crippen molar-refractivity contribution in [3.05, 3.63) is 48.6 Å². The van der Waals surface area contributed by atoms with Gasteiger partial charge < -0.3 is 20.6 Å². The zero-order chi connectivity index (χ0) is 48.6. The molecule has 0 aliphatic heterocycles. The highest BCUT2D eigenvalue weighted by Crippen LogP contribution is 2.17. The second kappa shape index (κ2) is 56.9. The third-order valence-corrected chi connectivity index (χ3v) is 13.9. The van der Waals surface area contributed by atoms with Crippen molar-refractivity contribution in [2.24, 2.45) is 0 Å². The van der Waals surface area contributed by atoms with E-state index in [0.717, 1.165) is 51.4 Å². The molecule has 0 fully saturated rings. The Morgan fingerprint density at radius 3 is 1.00 bits per heavy atom. The number of allylic oxidation sites excluding steroid dienone is 8. The van der Waals surface area contributed by atoms with Gasteiger partial charge in [-0.1, -0.05) is 274 Å². The summed E-state index contributed by atoms with van der Waals surface area (Å²) in [5.41, 5.74) is 0. The van der Waals surface area contributed by atoms with Crippen molar-refractivity contribution in [3.63, 3.8) is 0 Å². The molecule has 5 heteroatoms. The largest absolute Gasteiger partial charge is 0.394 e. The van der Waals surface area contributed by atoms with Crippen LogP contribution in [0, 0.1) is 0 Å². The molecule has 0 aliphatic carbocycles. The molecule has 0 saturated carbocycles. The van der Waals surface area contributed by atoms with E-state index in [4.69, 9.17) is 0 Å². The summed E-state index contributed by atoms with van der Waals surface area (Å²) in [7, 11) is 0. The molecule has 394 valence electrons. The number of carbonyl (C=O) groups is 1. The molecule has 0 rings (SSSR count). The van der Waals surface area contributed by atoms with E-state index in [2.05, 4.69) is 67.8 Å². The van der Waals surface area contributed by atoms with Gasteiger partial charge in [0, 0.05) is 6.42 Å². The zero-order valence-corrected chi connectivity index (χ0v) is 45.0. The Morgan fingerprint density at radius 2 is 0.657 bits per heavy atom. The molecule has 0 aromatic heterocycles. The average molecular weight is 941 g/mol. The first kappa shape index (κ1) is 65.3. The minimum absolute atomic E-state index is 0.155. The number of unbranched alkanes of at least 4 members (excludes halogenated alkanes) is 39. The van der Waals surface area contributed by atoms with Crippen molar-refractivity contribution in [1.29, 1.82) is 0 Å². The van der Waals surface area contributed by atoms with Crippen molar-refractivity contribution in [2.45, 2.75) is 334 Å². The average Bonchev–Trinajstić information content (AvgIpc) is 3.33. The molecule has 0 bridgehead atoms. The first-order chi connectivity index (χ1) is 33.1. The van der Waals surface area contributed by atoms with E-state index in [0.29, 0.717) is 12.8 Å². The number of hydrogen-bond donors (Lipinski definition) is 4. The molecule has 0 heterocycles. The first-order valence-corrected chi connectivity index (χ1v) is 29.9. The second-order valence-corrected chi connectivity index (χ2v) is 20.5. The SMILES string of the molecule is CCCCCCCCCCC/C=C/CC/C=C/CCCC(O)C(O)C(CO)NC(=O)CCCCCCCCCCCCCCCCCCC/C=C\C/C=C\CCCCCCCCCCCCC. The van der Waals surface area contributed by atoms with Crippen LogP contribution in [0.3, 0.4) is 0 Å². The summed E-state index contributed by atoms with van der Waals surface area (Å²) in [6.45, 7) is 4.19. The number of aliphatic hydroxyl groups excluding tert-OH is 3. The summed E-state index contributed by atoms with van der Waals surface area (Å²) in [4.78, 5) is 12.5. The lowest BCUT2D eigenvalue weighted by molar-refractivity contribution is -0.124. The zero-order valence-electron chi connectivity index (χ0n) is 45.0. The van der Waals surface area contributed by atoms with Crippen LogP contribution in [0.1, 0.15) is 316 Å². The van der Waals surface area contributed by atoms with E-state index >= 15 is 0 Å². The van der Waals surface area contributed by atoms with Crippen LogP contribution in [0.25, 0.3) is 0 Å². The van der Waals surface area contributed by atoms with Crippen LogP contribution in [0.4, 0.5) is 0 Å². The fourth-order valence-electron chi connectivity index (χ4n) is 9.27. The third kappa shape index (κ3) is 52.0. The molecule has 0 spiro atoms. The lowest BCUT2D eigenvalue weighted by Gasteiger charge is -2.26. The lowest BCUT2D eigenvalue weighted by atomic mass is 10.0. The maximum atomic E-state index is 12.5. The highest BCUT2D eigenvalue weighted by molar-refractivity contribution is 5.76. The van der Waals surface area contributed by atoms with Gasteiger partial charge in [0.05, 0.1) is 18.8 Å². The van der Waals surface area contributed by atoms with E-state index in [9.17, 15) is 20.1 Å². The fraction of sp³-hybridized carbons (Fsp3) is 0.855. The van der Waals surface area contributed by atoms with Gasteiger partial charge in [-0.25, -0.2) is 0 Å². The van der Waals surface area contributed by atoms with Crippen LogP contribution in [0.15, 0.2) is 48.6 Å². The number of aliphatic hydroxyl groups is 3. The molecule has 0 radical (unpaired) electrons. The maximum Gasteiger partial charge on any atom is 0.220 e. The van der Waals surface area contributed by atoms with Crippen molar-refractivity contribution in [1.82, 2.24) is 5.32 Å². The number of nitrogens with one attached hydrogen (secondary N) is 1. The first-order valence-electron chi connectivity index (χ1n) is 29.9. The summed E-state index contributed by atoms with van der Waals surface area (Å²) in [6.07, 6.45) is 75.7. The van der Waals surface area contributed by atoms with Gasteiger partial charge in [-0.15, -0.1) is 0 Å². The molecule has 0 aliphatic rings. The van der Waals surface area contributed by atoms with Gasteiger partial charge in [-0.3, -0.25) is 4.79 Å². The summed E-state index contributed by atoms with van der Waals surface area (Å²) >= 11 is 0. The summed E-state index contributed by atoms with van der Waals surface area (Å²) in [5.74, 6) is -0.155. The van der Waals surface area contributed by atoms with Crippen LogP contribution < -0.4 is 5.32 Å². The van der Waals surface area contributed by atoms with E-state index in [1.165, 1.54) is 238 Å². The lowest BCUT2D eigenvalue weighted by Crippen LogP contribution is -2.50. The second-order valence-electron chi connectivity index (χ2n) is 20.5. The van der Waals surface area contributed by atoms with E-state index < -0.39 is 18.2 Å². The Labute approximate surface area is 418 Å². The molecule has 3 atom stereocenters. The third-order valence-electron chi connectivity index (χ3n) is 13.9. The predicted molar refractivity (Wildman–Crippen MR) is 296 cm³/mol. The Kier molecular flexibility index (Phi) is 55.5. The number of carbonyl (C=O) groups excluding carboxylic acids is 1. The molecule has 3 unspecified atom stereocenters. The standard InChI is InChI=1S/C62H117NO4/c1-3-5-7-9-11-13-15-17-19-21-23-24-25-26-27-28-29-30-31-32-33-34-35-36-37-38-39-41-43-45-47-49-51-53-55-57-61(66)63-59(58-64)62(67)60(65)56-54-52-50-48-46-44-42-40-22-20-18-16-14-12-10-8-6-4-2/h25-26,28-29,40,42,48,50,59-60,62,64-65,67H,3-24,27,30-39,41,43-47,49,51-58H2,1-2H3,(H,63,66)/b26-25-,29-28-,42-40+,50-48+. The molecule has 5 nitrogen and oxygen atoms in total. The van der Waals surface area contributed by atoms with Crippen LogP contribution in [-0.2, 0) is 4.79 Å². The van der Waals surface area contributed by atoms with Crippen molar-refractivity contribution < 1.29 is 20.1 Å². The van der Waals surface area contributed by atoms with Crippen molar-refractivity contribution in [3.8, 4) is 0 Å². The van der Waals surface area contributed by atoms with Gasteiger partial charge >= 0.3 is 0 Å². The van der Waals surface area contributed by atoms with E-state index in [-0.39, 0.29) is 12.5 Å². The molecule has 1 amide bonds. The van der Waals surface area contributed by atoms with Gasteiger partial charge in [0.25, 0.3) is 0 Å². The van der Waals surface area contributed by atoms with E-state index in [1.807, 2.05) is 0 Å². The number of rotatable bonds is 55.